The molecule has 3 heteroatoms. The average Bonchev–Trinajstić information content (AvgIpc) is 2.72. The van der Waals surface area contributed by atoms with E-state index in [1.165, 1.54) is 19.3 Å². The normalized spacial score (nSPS) is 61.2. The van der Waals surface area contributed by atoms with Gasteiger partial charge in [-0.2, -0.15) is 0 Å². The van der Waals surface area contributed by atoms with E-state index >= 15 is 0 Å². The molecule has 1 unspecified atom stereocenters. The Balaban J connectivity index is 1.63. The van der Waals surface area contributed by atoms with E-state index in [1.807, 2.05) is 0 Å². The molecule has 0 spiro atoms. The van der Waals surface area contributed by atoms with Crippen LogP contribution in [-0.4, -0.2) is 33.6 Å². The van der Waals surface area contributed by atoms with Crippen LogP contribution in [0.1, 0.15) is 65.2 Å². The third kappa shape index (κ3) is 1.91. The van der Waals surface area contributed by atoms with Crippen LogP contribution >= 0.6 is 0 Å². The Morgan fingerprint density at radius 3 is 2.27 bits per heavy atom. The first-order chi connectivity index (χ1) is 10.4. The monoisotopic (exact) mass is 308 g/mol. The van der Waals surface area contributed by atoms with Crippen molar-refractivity contribution in [1.29, 1.82) is 0 Å². The molecule has 3 nitrogen and oxygen atoms in total. The maximum Gasteiger partial charge on any atom is 0.0855 e. The van der Waals surface area contributed by atoms with E-state index in [0.717, 1.165) is 38.0 Å². The molecule has 4 saturated carbocycles. The minimum Gasteiger partial charge on any atom is -0.393 e. The van der Waals surface area contributed by atoms with Crippen LogP contribution in [0, 0.1) is 34.5 Å². The number of fused-ring (bicyclic) bond motifs is 5. The van der Waals surface area contributed by atoms with E-state index in [0.29, 0.717) is 23.2 Å². The van der Waals surface area contributed by atoms with Gasteiger partial charge in [-0.25, -0.2) is 0 Å². The number of aliphatic hydroxyl groups excluding tert-OH is 3. The molecule has 4 aliphatic carbocycles. The summed E-state index contributed by atoms with van der Waals surface area (Å²) in [7, 11) is 0. The number of aliphatic hydroxyl groups is 3. The predicted molar refractivity (Wildman–Crippen MR) is 85.1 cm³/mol. The fraction of sp³-hybridized carbons (Fsp3) is 1.00. The molecule has 4 rings (SSSR count). The van der Waals surface area contributed by atoms with E-state index in [1.54, 1.807) is 0 Å². The van der Waals surface area contributed by atoms with Gasteiger partial charge < -0.3 is 15.3 Å². The highest BCUT2D eigenvalue weighted by atomic mass is 16.3. The van der Waals surface area contributed by atoms with E-state index in [9.17, 15) is 15.3 Å². The summed E-state index contributed by atoms with van der Waals surface area (Å²) in [6.45, 7) is 4.69. The van der Waals surface area contributed by atoms with Gasteiger partial charge in [0.2, 0.25) is 0 Å². The molecule has 4 fully saturated rings. The van der Waals surface area contributed by atoms with E-state index in [-0.39, 0.29) is 11.5 Å². The van der Waals surface area contributed by atoms with Crippen molar-refractivity contribution >= 4 is 0 Å². The van der Waals surface area contributed by atoms with Crippen LogP contribution < -0.4 is 0 Å². The zero-order chi connectivity index (χ0) is 15.7. The molecule has 126 valence electrons. The zero-order valence-electron chi connectivity index (χ0n) is 14.0. The molecular formula is C19H32O3. The molecule has 0 aromatic heterocycles. The number of hydrogen-bond acceptors (Lipinski definition) is 3. The topological polar surface area (TPSA) is 60.7 Å². The highest BCUT2D eigenvalue weighted by Crippen LogP contribution is 2.66. The van der Waals surface area contributed by atoms with E-state index < -0.39 is 12.2 Å². The standard InChI is InChI=1S/C19H32O3/c1-18-7-5-12(20)9-11(18)3-4-13-14(18)6-8-19(2)15(13)10-16(21)17(19)22/h11-17,20-22H,3-10H2,1-2H3/t11?,12-,13+,14-,15-,16+,17-,18-,19-/m0/s1. The third-order valence-electron chi connectivity index (χ3n) is 8.61. The molecular weight excluding hydrogens is 276 g/mol. The summed E-state index contributed by atoms with van der Waals surface area (Å²) in [5.74, 6) is 2.57. The Bertz CT molecular complexity index is 452. The van der Waals surface area contributed by atoms with Crippen LogP contribution in [0.3, 0.4) is 0 Å². The lowest BCUT2D eigenvalue weighted by Gasteiger charge is -2.60. The Hall–Kier alpha value is -0.120. The van der Waals surface area contributed by atoms with Gasteiger partial charge in [0.25, 0.3) is 0 Å². The first-order valence-corrected chi connectivity index (χ1v) is 9.40. The molecule has 9 atom stereocenters. The minimum atomic E-state index is -0.530. The summed E-state index contributed by atoms with van der Waals surface area (Å²) in [5.41, 5.74) is 0.305. The molecule has 0 aliphatic heterocycles. The van der Waals surface area contributed by atoms with Crippen LogP contribution in [0.15, 0.2) is 0 Å². The molecule has 0 aromatic rings. The number of rotatable bonds is 0. The fourth-order valence-corrected chi connectivity index (χ4v) is 7.22. The second kappa shape index (κ2) is 4.94. The highest BCUT2D eigenvalue weighted by Gasteiger charge is 2.61. The molecule has 0 heterocycles. The van der Waals surface area contributed by atoms with Crippen LogP contribution in [0.25, 0.3) is 0 Å². The smallest absolute Gasteiger partial charge is 0.0855 e. The first-order valence-electron chi connectivity index (χ1n) is 9.40. The maximum atomic E-state index is 10.5. The van der Waals surface area contributed by atoms with Crippen molar-refractivity contribution < 1.29 is 15.3 Å². The number of hydrogen-bond donors (Lipinski definition) is 3. The van der Waals surface area contributed by atoms with Crippen molar-refractivity contribution in [2.45, 2.75) is 83.5 Å². The van der Waals surface area contributed by atoms with Gasteiger partial charge in [-0.1, -0.05) is 13.8 Å². The van der Waals surface area contributed by atoms with Gasteiger partial charge in [0, 0.05) is 0 Å². The molecule has 4 aliphatic rings. The van der Waals surface area contributed by atoms with Crippen molar-refractivity contribution in [2.75, 3.05) is 0 Å². The molecule has 3 N–H and O–H groups in total. The second-order valence-corrected chi connectivity index (χ2v) is 9.38. The summed E-state index contributed by atoms with van der Waals surface area (Å²) in [6, 6.07) is 0. The van der Waals surface area contributed by atoms with Gasteiger partial charge in [0.15, 0.2) is 0 Å². The van der Waals surface area contributed by atoms with Gasteiger partial charge in [-0.05, 0) is 85.9 Å². The predicted octanol–water partition coefficient (Wildman–Crippen LogP) is 2.72. The van der Waals surface area contributed by atoms with Gasteiger partial charge in [-0.15, -0.1) is 0 Å². The van der Waals surface area contributed by atoms with Gasteiger partial charge in [0.05, 0.1) is 18.3 Å². The maximum absolute atomic E-state index is 10.5. The van der Waals surface area contributed by atoms with Crippen molar-refractivity contribution in [3.63, 3.8) is 0 Å². The third-order valence-corrected chi connectivity index (χ3v) is 8.61. The summed E-state index contributed by atoms with van der Waals surface area (Å²) in [4.78, 5) is 0. The van der Waals surface area contributed by atoms with Crippen LogP contribution in [0.5, 0.6) is 0 Å². The van der Waals surface area contributed by atoms with Crippen LogP contribution in [0.4, 0.5) is 0 Å². The summed E-state index contributed by atoms with van der Waals surface area (Å²) < 4.78 is 0. The Morgan fingerprint density at radius 1 is 0.773 bits per heavy atom. The Labute approximate surface area is 134 Å². The Kier molecular flexibility index (Phi) is 3.46. The molecule has 0 aromatic carbocycles. The molecule has 0 amide bonds. The molecule has 22 heavy (non-hydrogen) atoms. The first kappa shape index (κ1) is 15.4. The minimum absolute atomic E-state index is 0.0715. The van der Waals surface area contributed by atoms with Crippen LogP contribution in [-0.2, 0) is 0 Å². The fourth-order valence-electron chi connectivity index (χ4n) is 7.22. The quantitative estimate of drug-likeness (QED) is 0.645. The van der Waals surface area contributed by atoms with Gasteiger partial charge in [-0.3, -0.25) is 0 Å². The van der Waals surface area contributed by atoms with Crippen molar-refractivity contribution in [1.82, 2.24) is 0 Å². The molecule has 0 bridgehead atoms. The van der Waals surface area contributed by atoms with E-state index in [4.69, 9.17) is 0 Å². The average molecular weight is 308 g/mol. The lowest BCUT2D eigenvalue weighted by Crippen LogP contribution is -2.54. The van der Waals surface area contributed by atoms with Crippen molar-refractivity contribution in [2.24, 2.45) is 34.5 Å². The lowest BCUT2D eigenvalue weighted by molar-refractivity contribution is -0.135. The zero-order valence-corrected chi connectivity index (χ0v) is 14.0. The summed E-state index contributed by atoms with van der Waals surface area (Å²) in [6.07, 6.45) is 7.49. The van der Waals surface area contributed by atoms with Crippen molar-refractivity contribution in [3.05, 3.63) is 0 Å². The molecule has 0 radical (unpaired) electrons. The van der Waals surface area contributed by atoms with Gasteiger partial charge in [0.1, 0.15) is 0 Å². The highest BCUT2D eigenvalue weighted by molar-refractivity contribution is 5.11. The van der Waals surface area contributed by atoms with Crippen molar-refractivity contribution in [3.8, 4) is 0 Å². The summed E-state index contributed by atoms with van der Waals surface area (Å²) in [5, 5.41) is 30.8. The second-order valence-electron chi connectivity index (χ2n) is 9.38. The Morgan fingerprint density at radius 2 is 1.50 bits per heavy atom. The summed E-state index contributed by atoms with van der Waals surface area (Å²) >= 11 is 0. The van der Waals surface area contributed by atoms with Crippen LogP contribution in [0.2, 0.25) is 0 Å². The molecule has 0 saturated heterocycles. The lowest BCUT2D eigenvalue weighted by atomic mass is 9.45. The van der Waals surface area contributed by atoms with Gasteiger partial charge >= 0.3 is 0 Å². The van der Waals surface area contributed by atoms with E-state index in [2.05, 4.69) is 13.8 Å². The largest absolute Gasteiger partial charge is 0.393 e. The SMILES string of the molecule is C[C@]12CC[C@H]3[C@@H](CCC4C[C@@H](O)CC[C@@]43C)[C@@H]1C[C@@H](O)[C@@H]2O.